The van der Waals surface area contributed by atoms with Crippen molar-refractivity contribution in [1.29, 1.82) is 0 Å². The first-order chi connectivity index (χ1) is 9.61. The molecular formula is C16H20N2O2. The van der Waals surface area contributed by atoms with Crippen LogP contribution in [0.25, 0.3) is 0 Å². The molecule has 0 saturated carbocycles. The predicted molar refractivity (Wildman–Crippen MR) is 78.0 cm³/mol. The number of hydrogen-bond acceptors (Lipinski definition) is 2. The number of aromatic nitrogens is 2. The molecule has 0 amide bonds. The molecule has 20 heavy (non-hydrogen) atoms. The van der Waals surface area contributed by atoms with Gasteiger partial charge in [0.25, 0.3) is 0 Å². The quantitative estimate of drug-likeness (QED) is 0.871. The van der Waals surface area contributed by atoms with Gasteiger partial charge in [-0.1, -0.05) is 26.0 Å². The summed E-state index contributed by atoms with van der Waals surface area (Å²) in [5.74, 6) is -0.501. The van der Waals surface area contributed by atoms with Gasteiger partial charge in [-0.05, 0) is 36.5 Å². The Morgan fingerprint density at radius 3 is 2.55 bits per heavy atom. The van der Waals surface area contributed by atoms with E-state index in [1.165, 1.54) is 5.56 Å². The van der Waals surface area contributed by atoms with Crippen LogP contribution in [0.15, 0.2) is 43.0 Å². The van der Waals surface area contributed by atoms with Gasteiger partial charge in [0.15, 0.2) is 0 Å². The molecule has 1 heterocycles. The van der Waals surface area contributed by atoms with Crippen LogP contribution in [-0.4, -0.2) is 20.6 Å². The fourth-order valence-corrected chi connectivity index (χ4v) is 2.48. The highest BCUT2D eigenvalue weighted by atomic mass is 16.4. The molecule has 1 aromatic carbocycles. The lowest BCUT2D eigenvalue weighted by Gasteiger charge is -2.21. The van der Waals surface area contributed by atoms with Crippen molar-refractivity contribution in [3.63, 3.8) is 0 Å². The van der Waals surface area contributed by atoms with Crippen LogP contribution in [-0.2, 0) is 0 Å². The number of carbonyl (C=O) groups is 1. The number of carboxylic acid groups (broad SMARTS) is 1. The molecule has 2 aromatic rings. The number of aromatic carboxylic acids is 1. The summed E-state index contributed by atoms with van der Waals surface area (Å²) in [6, 6.07) is 7.59. The Labute approximate surface area is 119 Å². The number of hydrogen-bond donors (Lipinski definition) is 1. The van der Waals surface area contributed by atoms with Gasteiger partial charge < -0.3 is 9.67 Å². The van der Waals surface area contributed by atoms with E-state index in [0.717, 1.165) is 12.8 Å². The molecule has 0 aliphatic heterocycles. The molecule has 2 rings (SSSR count). The molecule has 0 aliphatic rings. The molecular weight excluding hydrogens is 252 g/mol. The normalized spacial score (nSPS) is 13.9. The van der Waals surface area contributed by atoms with Gasteiger partial charge in [0.2, 0.25) is 0 Å². The molecule has 0 radical (unpaired) electrons. The fraction of sp³-hybridized carbons (Fsp3) is 0.375. The molecule has 4 heteroatoms. The maximum atomic E-state index is 10.9. The summed E-state index contributed by atoms with van der Waals surface area (Å²) < 4.78 is 2.14. The van der Waals surface area contributed by atoms with E-state index in [9.17, 15) is 4.79 Å². The zero-order valence-corrected chi connectivity index (χ0v) is 11.9. The molecule has 1 aromatic heterocycles. The van der Waals surface area contributed by atoms with Crippen molar-refractivity contribution >= 4 is 5.97 Å². The van der Waals surface area contributed by atoms with E-state index in [0.29, 0.717) is 17.5 Å². The number of carboxylic acids is 1. The number of imidazole rings is 1. The third-order valence-corrected chi connectivity index (χ3v) is 3.77. The van der Waals surface area contributed by atoms with Crippen LogP contribution >= 0.6 is 0 Å². The van der Waals surface area contributed by atoms with E-state index < -0.39 is 5.97 Å². The van der Waals surface area contributed by atoms with E-state index in [1.54, 1.807) is 18.3 Å². The maximum Gasteiger partial charge on any atom is 0.335 e. The van der Waals surface area contributed by atoms with Crippen LogP contribution in [0.4, 0.5) is 0 Å². The largest absolute Gasteiger partial charge is 0.478 e. The van der Waals surface area contributed by atoms with Gasteiger partial charge in [-0.25, -0.2) is 9.78 Å². The van der Waals surface area contributed by atoms with E-state index in [2.05, 4.69) is 23.4 Å². The van der Waals surface area contributed by atoms with Gasteiger partial charge in [-0.3, -0.25) is 0 Å². The molecule has 0 bridgehead atoms. The molecule has 0 fully saturated rings. The summed E-state index contributed by atoms with van der Waals surface area (Å²) >= 11 is 0. The van der Waals surface area contributed by atoms with Crippen LogP contribution in [0.1, 0.15) is 54.6 Å². The van der Waals surface area contributed by atoms with E-state index >= 15 is 0 Å². The number of nitrogens with zero attached hydrogens (tertiary/aromatic N) is 2. The smallest absolute Gasteiger partial charge is 0.335 e. The minimum atomic E-state index is -0.881. The van der Waals surface area contributed by atoms with E-state index in [1.807, 2.05) is 24.7 Å². The van der Waals surface area contributed by atoms with Crippen molar-refractivity contribution in [2.45, 2.75) is 38.6 Å². The zero-order chi connectivity index (χ0) is 14.5. The summed E-state index contributed by atoms with van der Waals surface area (Å²) in [4.78, 5) is 15.0. The van der Waals surface area contributed by atoms with Gasteiger partial charge in [0, 0.05) is 18.4 Å². The van der Waals surface area contributed by atoms with Crippen molar-refractivity contribution in [1.82, 2.24) is 9.55 Å². The summed E-state index contributed by atoms with van der Waals surface area (Å²) in [6.07, 6.45) is 7.71. The third-order valence-electron chi connectivity index (χ3n) is 3.77. The second-order valence-electron chi connectivity index (χ2n) is 5.14. The second-order valence-corrected chi connectivity index (χ2v) is 5.14. The van der Waals surface area contributed by atoms with Crippen molar-refractivity contribution in [2.75, 3.05) is 0 Å². The van der Waals surface area contributed by atoms with Gasteiger partial charge in [0.1, 0.15) is 0 Å². The Kier molecular flexibility index (Phi) is 4.56. The minimum Gasteiger partial charge on any atom is -0.478 e. The third kappa shape index (κ3) is 3.26. The molecule has 0 spiro atoms. The van der Waals surface area contributed by atoms with Crippen LogP contribution < -0.4 is 0 Å². The summed E-state index contributed by atoms with van der Waals surface area (Å²) in [7, 11) is 0. The Balaban J connectivity index is 2.07. The van der Waals surface area contributed by atoms with Crippen molar-refractivity contribution < 1.29 is 9.90 Å². The standard InChI is InChI=1S/C16H20N2O2/c1-3-15(18-9-8-17-11-18)10-12(2)13-4-6-14(7-5-13)16(19)20/h4-9,11-12,15H,3,10H2,1-2H3,(H,19,20). The van der Waals surface area contributed by atoms with Crippen LogP contribution in [0, 0.1) is 0 Å². The molecule has 106 valence electrons. The Bertz CT molecular complexity index is 546. The lowest BCUT2D eigenvalue weighted by Crippen LogP contribution is -2.10. The topological polar surface area (TPSA) is 55.1 Å². The lowest BCUT2D eigenvalue weighted by atomic mass is 9.92. The Morgan fingerprint density at radius 1 is 1.35 bits per heavy atom. The molecule has 2 unspecified atom stereocenters. The Hall–Kier alpha value is -2.10. The van der Waals surface area contributed by atoms with Crippen molar-refractivity contribution in [3.8, 4) is 0 Å². The highest BCUT2D eigenvalue weighted by Gasteiger charge is 2.15. The van der Waals surface area contributed by atoms with Crippen LogP contribution in [0.2, 0.25) is 0 Å². The van der Waals surface area contributed by atoms with Crippen molar-refractivity contribution in [2.24, 2.45) is 0 Å². The van der Waals surface area contributed by atoms with Gasteiger partial charge >= 0.3 is 5.97 Å². The molecule has 2 atom stereocenters. The van der Waals surface area contributed by atoms with Gasteiger partial charge in [-0.15, -0.1) is 0 Å². The molecule has 4 nitrogen and oxygen atoms in total. The lowest BCUT2D eigenvalue weighted by molar-refractivity contribution is 0.0697. The van der Waals surface area contributed by atoms with E-state index in [-0.39, 0.29) is 0 Å². The van der Waals surface area contributed by atoms with Gasteiger partial charge in [0.05, 0.1) is 11.9 Å². The fourth-order valence-electron chi connectivity index (χ4n) is 2.48. The first kappa shape index (κ1) is 14.3. The monoisotopic (exact) mass is 272 g/mol. The predicted octanol–water partition coefficient (Wildman–Crippen LogP) is 3.73. The summed E-state index contributed by atoms with van der Waals surface area (Å²) in [6.45, 7) is 4.35. The molecule has 1 N–H and O–H groups in total. The number of benzene rings is 1. The summed E-state index contributed by atoms with van der Waals surface area (Å²) in [5.41, 5.74) is 1.51. The molecule has 0 aliphatic carbocycles. The highest BCUT2D eigenvalue weighted by molar-refractivity contribution is 5.87. The average molecular weight is 272 g/mol. The van der Waals surface area contributed by atoms with Crippen LogP contribution in [0.5, 0.6) is 0 Å². The maximum absolute atomic E-state index is 10.9. The highest BCUT2D eigenvalue weighted by Crippen LogP contribution is 2.28. The minimum absolute atomic E-state index is 0.336. The molecule has 0 saturated heterocycles. The SMILES string of the molecule is CCC(CC(C)c1ccc(C(=O)O)cc1)n1ccnc1. The van der Waals surface area contributed by atoms with E-state index in [4.69, 9.17) is 5.11 Å². The zero-order valence-electron chi connectivity index (χ0n) is 11.9. The number of rotatable bonds is 6. The van der Waals surface area contributed by atoms with Crippen molar-refractivity contribution in [3.05, 3.63) is 54.1 Å². The Morgan fingerprint density at radius 2 is 2.05 bits per heavy atom. The first-order valence-corrected chi connectivity index (χ1v) is 6.92. The summed E-state index contributed by atoms with van der Waals surface area (Å²) in [5, 5.41) is 8.91. The van der Waals surface area contributed by atoms with Crippen LogP contribution in [0.3, 0.4) is 0 Å². The second kappa shape index (κ2) is 6.37. The average Bonchev–Trinajstić information content (AvgIpc) is 2.98. The van der Waals surface area contributed by atoms with Gasteiger partial charge in [-0.2, -0.15) is 0 Å². The first-order valence-electron chi connectivity index (χ1n) is 6.92.